The average Bonchev–Trinajstić information content (AvgIpc) is 2.61. The van der Waals surface area contributed by atoms with Crippen LogP contribution in [0.25, 0.3) is 0 Å². The number of amides is 1. The Bertz CT molecular complexity index is 757. The third kappa shape index (κ3) is 5.84. The highest BCUT2D eigenvalue weighted by Gasteiger charge is 2.07. The summed E-state index contributed by atoms with van der Waals surface area (Å²) in [5.74, 6) is 0.339. The lowest BCUT2D eigenvalue weighted by molar-refractivity contribution is -0.142. The molecular formula is C19H21NO5. The quantitative estimate of drug-likeness (QED) is 0.783. The Balaban J connectivity index is 1.87. The lowest BCUT2D eigenvalue weighted by Gasteiger charge is -2.10. The second kappa shape index (κ2) is 8.73. The van der Waals surface area contributed by atoms with Crippen LogP contribution in [0, 0.1) is 13.8 Å². The summed E-state index contributed by atoms with van der Waals surface area (Å²) in [4.78, 5) is 23.1. The molecule has 0 fully saturated rings. The summed E-state index contributed by atoms with van der Waals surface area (Å²) in [6, 6.07) is 12.4. The van der Waals surface area contributed by atoms with Gasteiger partial charge in [-0.2, -0.15) is 0 Å². The van der Waals surface area contributed by atoms with E-state index in [1.807, 2.05) is 32.0 Å². The smallest absolute Gasteiger partial charge is 0.343 e. The molecule has 6 heteroatoms. The molecule has 1 amide bonds. The summed E-state index contributed by atoms with van der Waals surface area (Å²) >= 11 is 0. The number of anilines is 1. The first-order valence-corrected chi connectivity index (χ1v) is 7.77. The molecule has 0 atom stereocenters. The van der Waals surface area contributed by atoms with E-state index in [4.69, 9.17) is 9.47 Å². The van der Waals surface area contributed by atoms with E-state index in [0.29, 0.717) is 17.2 Å². The maximum Gasteiger partial charge on any atom is 0.343 e. The fraction of sp³-hybridized carbons (Fsp3) is 0.263. The van der Waals surface area contributed by atoms with Gasteiger partial charge in [0.05, 0.1) is 7.11 Å². The van der Waals surface area contributed by atoms with E-state index in [1.54, 1.807) is 24.3 Å². The van der Waals surface area contributed by atoms with E-state index in [1.165, 1.54) is 12.7 Å². The van der Waals surface area contributed by atoms with Crippen LogP contribution in [0.2, 0.25) is 0 Å². The van der Waals surface area contributed by atoms with Crippen molar-refractivity contribution in [3.63, 3.8) is 0 Å². The van der Waals surface area contributed by atoms with Crippen LogP contribution in [-0.4, -0.2) is 32.2 Å². The van der Waals surface area contributed by atoms with Crippen LogP contribution in [0.4, 0.5) is 5.69 Å². The van der Waals surface area contributed by atoms with E-state index in [9.17, 15) is 9.59 Å². The maximum atomic E-state index is 12.0. The van der Waals surface area contributed by atoms with Gasteiger partial charge < -0.3 is 19.5 Å². The number of carbonyl (C=O) groups is 2. The van der Waals surface area contributed by atoms with Crippen molar-refractivity contribution < 1.29 is 23.8 Å². The van der Waals surface area contributed by atoms with Crippen molar-refractivity contribution in [3.05, 3.63) is 53.6 Å². The van der Waals surface area contributed by atoms with E-state index >= 15 is 0 Å². The Morgan fingerprint density at radius 1 is 0.920 bits per heavy atom. The van der Waals surface area contributed by atoms with Gasteiger partial charge >= 0.3 is 5.97 Å². The number of methoxy groups -OCH3 is 1. The first-order valence-electron chi connectivity index (χ1n) is 7.77. The van der Waals surface area contributed by atoms with Gasteiger partial charge in [0.1, 0.15) is 11.5 Å². The van der Waals surface area contributed by atoms with Crippen LogP contribution in [0.3, 0.4) is 0 Å². The monoisotopic (exact) mass is 343 g/mol. The number of rotatable bonds is 7. The van der Waals surface area contributed by atoms with Gasteiger partial charge in [-0.1, -0.05) is 12.1 Å². The van der Waals surface area contributed by atoms with Crippen LogP contribution in [0.1, 0.15) is 11.1 Å². The van der Waals surface area contributed by atoms with Gasteiger partial charge in [-0.05, 0) is 49.2 Å². The molecule has 0 aromatic heterocycles. The lowest BCUT2D eigenvalue weighted by Crippen LogP contribution is -2.20. The minimum absolute atomic E-state index is 0.101. The van der Waals surface area contributed by atoms with Crippen molar-refractivity contribution in [3.8, 4) is 11.5 Å². The summed E-state index contributed by atoms with van der Waals surface area (Å²) < 4.78 is 15.3. The molecule has 0 unspecified atom stereocenters. The predicted octanol–water partition coefficient (Wildman–Crippen LogP) is 2.87. The minimum Gasteiger partial charge on any atom is -0.484 e. The van der Waals surface area contributed by atoms with Crippen LogP contribution < -0.4 is 14.8 Å². The highest BCUT2D eigenvalue weighted by atomic mass is 16.6. The van der Waals surface area contributed by atoms with Crippen LogP contribution in [0.15, 0.2) is 42.5 Å². The Morgan fingerprint density at radius 3 is 2.36 bits per heavy atom. The first kappa shape index (κ1) is 18.3. The lowest BCUT2D eigenvalue weighted by atomic mass is 10.1. The molecule has 0 heterocycles. The van der Waals surface area contributed by atoms with Crippen molar-refractivity contribution >= 4 is 17.6 Å². The average molecular weight is 343 g/mol. The molecular weight excluding hydrogens is 322 g/mol. The molecule has 0 saturated heterocycles. The molecule has 2 aromatic carbocycles. The van der Waals surface area contributed by atoms with E-state index in [0.717, 1.165) is 5.56 Å². The van der Waals surface area contributed by atoms with Gasteiger partial charge in [0, 0.05) is 11.8 Å². The topological polar surface area (TPSA) is 73.9 Å². The number of benzene rings is 2. The van der Waals surface area contributed by atoms with Gasteiger partial charge in [-0.15, -0.1) is 0 Å². The van der Waals surface area contributed by atoms with Gasteiger partial charge in [-0.25, -0.2) is 4.79 Å². The summed E-state index contributed by atoms with van der Waals surface area (Å²) in [6.45, 7) is 3.71. The Labute approximate surface area is 146 Å². The van der Waals surface area contributed by atoms with Crippen LogP contribution >= 0.6 is 0 Å². The van der Waals surface area contributed by atoms with Crippen molar-refractivity contribution in [1.82, 2.24) is 0 Å². The SMILES string of the molecule is COC(=O)COc1cccc(NC(=O)COc2ccc(C)c(C)c2)c1. The zero-order valence-corrected chi connectivity index (χ0v) is 14.5. The fourth-order valence-electron chi connectivity index (χ4n) is 2.01. The fourth-order valence-corrected chi connectivity index (χ4v) is 2.01. The van der Waals surface area contributed by atoms with Gasteiger partial charge in [0.2, 0.25) is 0 Å². The molecule has 0 bridgehead atoms. The third-order valence-electron chi connectivity index (χ3n) is 3.55. The zero-order chi connectivity index (χ0) is 18.2. The summed E-state index contributed by atoms with van der Waals surface area (Å²) in [6.07, 6.45) is 0. The number of aryl methyl sites for hydroxylation is 2. The molecule has 1 N–H and O–H groups in total. The number of esters is 1. The molecule has 132 valence electrons. The molecule has 0 aliphatic carbocycles. The van der Waals surface area contributed by atoms with Crippen LogP contribution in [-0.2, 0) is 14.3 Å². The standard InChI is InChI=1S/C19H21NO5/c1-13-7-8-17(9-14(13)2)24-11-18(21)20-15-5-4-6-16(10-15)25-12-19(22)23-3/h4-10H,11-12H2,1-3H3,(H,20,21). The van der Waals surface area contributed by atoms with E-state index in [-0.39, 0.29) is 19.1 Å². The van der Waals surface area contributed by atoms with Crippen molar-refractivity contribution in [2.45, 2.75) is 13.8 Å². The summed E-state index contributed by atoms with van der Waals surface area (Å²) in [7, 11) is 1.29. The molecule has 25 heavy (non-hydrogen) atoms. The number of hydrogen-bond donors (Lipinski definition) is 1. The summed E-state index contributed by atoms with van der Waals surface area (Å²) in [5.41, 5.74) is 2.82. The second-order valence-corrected chi connectivity index (χ2v) is 5.48. The van der Waals surface area contributed by atoms with Gasteiger partial charge in [-0.3, -0.25) is 4.79 Å². The van der Waals surface area contributed by atoms with Gasteiger partial charge in [0.25, 0.3) is 5.91 Å². The normalized spacial score (nSPS) is 10.0. The Kier molecular flexibility index (Phi) is 6.39. The molecule has 0 saturated carbocycles. The molecule has 0 aliphatic rings. The second-order valence-electron chi connectivity index (χ2n) is 5.48. The van der Waals surface area contributed by atoms with Crippen molar-refractivity contribution in [1.29, 1.82) is 0 Å². The Hall–Kier alpha value is -3.02. The predicted molar refractivity (Wildman–Crippen MR) is 94.0 cm³/mol. The highest BCUT2D eigenvalue weighted by molar-refractivity contribution is 5.92. The van der Waals surface area contributed by atoms with Crippen LogP contribution in [0.5, 0.6) is 11.5 Å². The van der Waals surface area contributed by atoms with E-state index < -0.39 is 5.97 Å². The number of carbonyl (C=O) groups excluding carboxylic acids is 2. The minimum atomic E-state index is -0.476. The molecule has 0 spiro atoms. The maximum absolute atomic E-state index is 12.0. The molecule has 0 radical (unpaired) electrons. The number of nitrogens with one attached hydrogen (secondary N) is 1. The molecule has 6 nitrogen and oxygen atoms in total. The molecule has 0 aliphatic heterocycles. The molecule has 2 aromatic rings. The largest absolute Gasteiger partial charge is 0.484 e. The summed E-state index contributed by atoms with van der Waals surface area (Å²) in [5, 5.41) is 2.72. The van der Waals surface area contributed by atoms with Gasteiger partial charge in [0.15, 0.2) is 13.2 Å². The zero-order valence-electron chi connectivity index (χ0n) is 14.5. The third-order valence-corrected chi connectivity index (χ3v) is 3.55. The van der Waals surface area contributed by atoms with Crippen molar-refractivity contribution in [2.75, 3.05) is 25.6 Å². The molecule has 2 rings (SSSR count). The number of ether oxygens (including phenoxy) is 3. The van der Waals surface area contributed by atoms with E-state index in [2.05, 4.69) is 10.1 Å². The van der Waals surface area contributed by atoms with Crippen molar-refractivity contribution in [2.24, 2.45) is 0 Å². The Morgan fingerprint density at radius 2 is 1.64 bits per heavy atom. The highest BCUT2D eigenvalue weighted by Crippen LogP contribution is 2.18. The number of hydrogen-bond acceptors (Lipinski definition) is 5. The first-order chi connectivity index (χ1) is 12.0.